The summed E-state index contributed by atoms with van der Waals surface area (Å²) in [5.74, 6) is -0.555. The molecule has 0 fully saturated rings. The van der Waals surface area contributed by atoms with Crippen LogP contribution in [-0.2, 0) is 9.53 Å². The molecular formula is C13H28N2O3. The average molecular weight is 260 g/mol. The number of aliphatic hydroxyl groups excluding tert-OH is 1. The molecule has 0 amide bonds. The van der Waals surface area contributed by atoms with Gasteiger partial charge in [-0.05, 0) is 41.5 Å². The van der Waals surface area contributed by atoms with Gasteiger partial charge in [0.15, 0.2) is 0 Å². The quantitative estimate of drug-likeness (QED) is 0.713. The van der Waals surface area contributed by atoms with E-state index in [-0.39, 0.29) is 24.3 Å². The summed E-state index contributed by atoms with van der Waals surface area (Å²) in [4.78, 5) is 13.6. The normalized spacial score (nSPS) is 14.7. The van der Waals surface area contributed by atoms with Gasteiger partial charge in [-0.25, -0.2) is 0 Å². The highest BCUT2D eigenvalue weighted by molar-refractivity contribution is 5.75. The van der Waals surface area contributed by atoms with Crippen LogP contribution in [0.15, 0.2) is 0 Å². The number of hydrogen-bond donors (Lipinski definition) is 2. The summed E-state index contributed by atoms with van der Waals surface area (Å²) in [6.07, 6.45) is 0. The third-order valence-corrected chi connectivity index (χ3v) is 2.68. The van der Waals surface area contributed by atoms with E-state index in [4.69, 9.17) is 15.6 Å². The minimum absolute atomic E-state index is 0.0102. The molecule has 0 heterocycles. The first-order valence-corrected chi connectivity index (χ1v) is 6.31. The lowest BCUT2D eigenvalue weighted by Gasteiger charge is -2.45. The van der Waals surface area contributed by atoms with Crippen molar-refractivity contribution in [2.75, 3.05) is 19.8 Å². The van der Waals surface area contributed by atoms with Gasteiger partial charge in [0.1, 0.15) is 12.6 Å². The second-order valence-electron chi connectivity index (χ2n) is 6.45. The fourth-order valence-electron chi connectivity index (χ4n) is 2.10. The Morgan fingerprint density at radius 2 is 1.67 bits per heavy atom. The number of hydrogen-bond acceptors (Lipinski definition) is 5. The summed E-state index contributed by atoms with van der Waals surface area (Å²) in [6.45, 7) is 13.3. The molecule has 0 saturated carbocycles. The van der Waals surface area contributed by atoms with E-state index in [1.807, 2.05) is 0 Å². The largest absolute Gasteiger partial charge is 0.463 e. The molecule has 0 radical (unpaired) electrons. The number of aliphatic hydroxyl groups is 1. The van der Waals surface area contributed by atoms with Crippen molar-refractivity contribution in [3.63, 3.8) is 0 Å². The highest BCUT2D eigenvalue weighted by Gasteiger charge is 2.31. The van der Waals surface area contributed by atoms with Crippen LogP contribution in [0.5, 0.6) is 0 Å². The van der Waals surface area contributed by atoms with Crippen molar-refractivity contribution in [3.8, 4) is 0 Å². The van der Waals surface area contributed by atoms with Crippen molar-refractivity contribution in [2.24, 2.45) is 5.73 Å². The van der Waals surface area contributed by atoms with Crippen molar-refractivity contribution in [3.05, 3.63) is 0 Å². The maximum absolute atomic E-state index is 11.3. The van der Waals surface area contributed by atoms with E-state index in [2.05, 4.69) is 46.4 Å². The number of esters is 1. The Labute approximate surface area is 110 Å². The van der Waals surface area contributed by atoms with Gasteiger partial charge in [0.05, 0.1) is 6.61 Å². The number of carbonyl (C=O) groups excluding carboxylic acids is 1. The summed E-state index contributed by atoms with van der Waals surface area (Å²) in [6, 6.07) is -0.942. The molecule has 0 aromatic rings. The van der Waals surface area contributed by atoms with Crippen LogP contribution < -0.4 is 5.73 Å². The second-order valence-corrected chi connectivity index (χ2v) is 6.45. The van der Waals surface area contributed by atoms with Gasteiger partial charge in [-0.1, -0.05) is 0 Å². The third kappa shape index (κ3) is 5.80. The van der Waals surface area contributed by atoms with E-state index < -0.39 is 12.0 Å². The molecule has 1 unspecified atom stereocenters. The Bertz CT molecular complexity index is 252. The van der Waals surface area contributed by atoms with Crippen LogP contribution in [0.1, 0.15) is 41.5 Å². The molecule has 0 bridgehead atoms. The van der Waals surface area contributed by atoms with Crippen molar-refractivity contribution in [1.29, 1.82) is 0 Å². The standard InChI is InChI=1S/C13H28N2O3/c1-12(2,3)15(13(4,5)6)7-8-18-11(17)10(14)9-16/h10,16H,7-9,14H2,1-6H3. The van der Waals surface area contributed by atoms with Crippen molar-refractivity contribution in [1.82, 2.24) is 4.90 Å². The SMILES string of the molecule is CC(C)(C)N(CCOC(=O)C(N)CO)C(C)(C)C. The van der Waals surface area contributed by atoms with Crippen LogP contribution in [-0.4, -0.2) is 52.9 Å². The highest BCUT2D eigenvalue weighted by atomic mass is 16.5. The zero-order valence-electron chi connectivity index (χ0n) is 12.5. The van der Waals surface area contributed by atoms with Crippen LogP contribution in [0.4, 0.5) is 0 Å². The molecule has 1 atom stereocenters. The molecule has 3 N–H and O–H groups in total. The maximum Gasteiger partial charge on any atom is 0.325 e. The van der Waals surface area contributed by atoms with E-state index in [9.17, 15) is 4.79 Å². The molecule has 0 rings (SSSR count). The number of nitrogens with two attached hydrogens (primary N) is 1. The third-order valence-electron chi connectivity index (χ3n) is 2.68. The lowest BCUT2D eigenvalue weighted by molar-refractivity contribution is -0.147. The lowest BCUT2D eigenvalue weighted by Crippen LogP contribution is -2.54. The summed E-state index contributed by atoms with van der Waals surface area (Å²) in [7, 11) is 0. The molecule has 0 aromatic carbocycles. The second kappa shape index (κ2) is 6.50. The van der Waals surface area contributed by atoms with Gasteiger partial charge in [0.2, 0.25) is 0 Å². The van der Waals surface area contributed by atoms with Crippen LogP contribution in [0.25, 0.3) is 0 Å². The first kappa shape index (κ1) is 17.4. The number of rotatable bonds is 5. The molecule has 5 nitrogen and oxygen atoms in total. The predicted molar refractivity (Wildman–Crippen MR) is 72.2 cm³/mol. The smallest absolute Gasteiger partial charge is 0.325 e. The van der Waals surface area contributed by atoms with E-state index in [0.717, 1.165) is 0 Å². The van der Waals surface area contributed by atoms with E-state index in [1.54, 1.807) is 0 Å². The fourth-order valence-corrected chi connectivity index (χ4v) is 2.10. The average Bonchev–Trinajstić information content (AvgIpc) is 2.19. The Kier molecular flexibility index (Phi) is 6.26. The predicted octanol–water partition coefficient (Wildman–Crippen LogP) is 0.748. The zero-order valence-corrected chi connectivity index (χ0v) is 12.5. The Hall–Kier alpha value is -0.650. The molecule has 0 aromatic heterocycles. The summed E-state index contributed by atoms with van der Waals surface area (Å²) < 4.78 is 5.05. The molecule has 0 aliphatic rings. The van der Waals surface area contributed by atoms with Crippen LogP contribution in [0.2, 0.25) is 0 Å². The summed E-state index contributed by atoms with van der Waals surface area (Å²) in [5, 5.41) is 8.74. The Balaban J connectivity index is 4.36. The molecule has 18 heavy (non-hydrogen) atoms. The Morgan fingerprint density at radius 1 is 1.22 bits per heavy atom. The molecule has 0 spiro atoms. The van der Waals surface area contributed by atoms with Gasteiger partial charge in [-0.3, -0.25) is 9.69 Å². The van der Waals surface area contributed by atoms with E-state index in [0.29, 0.717) is 6.54 Å². The van der Waals surface area contributed by atoms with E-state index in [1.165, 1.54) is 0 Å². The van der Waals surface area contributed by atoms with Crippen LogP contribution in [0.3, 0.4) is 0 Å². The molecule has 0 saturated heterocycles. The first-order valence-electron chi connectivity index (χ1n) is 6.31. The fraction of sp³-hybridized carbons (Fsp3) is 0.923. The minimum Gasteiger partial charge on any atom is -0.463 e. The van der Waals surface area contributed by atoms with Crippen molar-refractivity contribution < 1.29 is 14.6 Å². The van der Waals surface area contributed by atoms with Crippen molar-refractivity contribution >= 4 is 5.97 Å². The van der Waals surface area contributed by atoms with Crippen LogP contribution in [0, 0.1) is 0 Å². The number of nitrogens with zero attached hydrogens (tertiary/aromatic N) is 1. The summed E-state index contributed by atoms with van der Waals surface area (Å²) in [5.41, 5.74) is 5.35. The monoisotopic (exact) mass is 260 g/mol. The van der Waals surface area contributed by atoms with Gasteiger partial charge in [-0.2, -0.15) is 0 Å². The van der Waals surface area contributed by atoms with Crippen molar-refractivity contribution in [2.45, 2.75) is 58.7 Å². The van der Waals surface area contributed by atoms with Gasteiger partial charge in [0, 0.05) is 17.6 Å². The van der Waals surface area contributed by atoms with Gasteiger partial charge >= 0.3 is 5.97 Å². The summed E-state index contributed by atoms with van der Waals surface area (Å²) >= 11 is 0. The first-order chi connectivity index (χ1) is 8.00. The van der Waals surface area contributed by atoms with Gasteiger partial charge < -0.3 is 15.6 Å². The van der Waals surface area contributed by atoms with E-state index >= 15 is 0 Å². The lowest BCUT2D eigenvalue weighted by atomic mass is 9.96. The van der Waals surface area contributed by atoms with Gasteiger partial charge in [0.25, 0.3) is 0 Å². The molecule has 5 heteroatoms. The van der Waals surface area contributed by atoms with Crippen LogP contribution >= 0.6 is 0 Å². The zero-order chi connectivity index (χ0) is 14.6. The topological polar surface area (TPSA) is 75.8 Å². The number of carbonyl (C=O) groups is 1. The number of ether oxygens (including phenoxy) is 1. The Morgan fingerprint density at radius 3 is 2.00 bits per heavy atom. The molecule has 0 aliphatic heterocycles. The van der Waals surface area contributed by atoms with Gasteiger partial charge in [-0.15, -0.1) is 0 Å². The molecule has 108 valence electrons. The maximum atomic E-state index is 11.3. The molecule has 0 aliphatic carbocycles. The highest BCUT2D eigenvalue weighted by Crippen LogP contribution is 2.23. The minimum atomic E-state index is -0.942. The molecular weight excluding hydrogens is 232 g/mol.